The van der Waals surface area contributed by atoms with E-state index in [1.165, 1.54) is 0 Å². The third kappa shape index (κ3) is 3.84. The van der Waals surface area contributed by atoms with E-state index in [0.29, 0.717) is 12.0 Å². The Labute approximate surface area is 125 Å². The van der Waals surface area contributed by atoms with Crippen molar-refractivity contribution in [1.29, 1.82) is 0 Å². The molecule has 0 aromatic heterocycles. The molecule has 4 heteroatoms. The van der Waals surface area contributed by atoms with E-state index in [9.17, 15) is 14.7 Å². The van der Waals surface area contributed by atoms with Crippen LogP contribution < -0.4 is 5.32 Å². The van der Waals surface area contributed by atoms with Crippen LogP contribution in [0.4, 0.5) is 0 Å². The molecule has 1 aliphatic carbocycles. The molecule has 2 N–H and O–H groups in total. The molecule has 0 bridgehead atoms. The van der Waals surface area contributed by atoms with Crippen molar-refractivity contribution in [3.8, 4) is 0 Å². The van der Waals surface area contributed by atoms with Crippen LogP contribution in [0.5, 0.6) is 0 Å². The summed E-state index contributed by atoms with van der Waals surface area (Å²) in [5.74, 6) is -1.43. The highest BCUT2D eigenvalue weighted by Crippen LogP contribution is 2.24. The van der Waals surface area contributed by atoms with Gasteiger partial charge in [0.05, 0.1) is 5.92 Å². The Morgan fingerprint density at radius 3 is 2.57 bits per heavy atom. The molecule has 21 heavy (non-hydrogen) atoms. The number of nitrogens with one attached hydrogen (secondary N) is 1. The molecule has 1 amide bonds. The van der Waals surface area contributed by atoms with Crippen LogP contribution in [0, 0.1) is 19.8 Å². The number of rotatable bonds is 3. The number of aryl methyl sites for hydroxylation is 2. The van der Waals surface area contributed by atoms with Gasteiger partial charge in [-0.15, -0.1) is 0 Å². The van der Waals surface area contributed by atoms with Crippen LogP contribution in [0.25, 0.3) is 0 Å². The predicted molar refractivity (Wildman–Crippen MR) is 81.4 cm³/mol. The highest BCUT2D eigenvalue weighted by molar-refractivity contribution is 5.96. The smallest absolute Gasteiger partial charge is 0.308 e. The summed E-state index contributed by atoms with van der Waals surface area (Å²) in [5, 5.41) is 12.3. The maximum atomic E-state index is 12.5. The Morgan fingerprint density at radius 1 is 1.14 bits per heavy atom. The van der Waals surface area contributed by atoms with Crippen LogP contribution in [0.1, 0.15) is 53.6 Å². The first kappa shape index (κ1) is 15.5. The summed E-state index contributed by atoms with van der Waals surface area (Å²) in [4.78, 5) is 23.9. The topological polar surface area (TPSA) is 66.4 Å². The molecular formula is C17H23NO3. The lowest BCUT2D eigenvalue weighted by Gasteiger charge is -2.23. The molecule has 0 radical (unpaired) electrons. The molecular weight excluding hydrogens is 266 g/mol. The van der Waals surface area contributed by atoms with Gasteiger partial charge in [0.1, 0.15) is 0 Å². The fourth-order valence-electron chi connectivity index (χ4n) is 3.00. The number of carbonyl (C=O) groups excluding carboxylic acids is 1. The number of hydrogen-bond acceptors (Lipinski definition) is 2. The Kier molecular flexibility index (Phi) is 4.99. The first-order valence-corrected chi connectivity index (χ1v) is 7.60. The maximum absolute atomic E-state index is 12.5. The fourth-order valence-corrected chi connectivity index (χ4v) is 3.00. The number of benzene rings is 1. The number of amides is 1. The molecule has 1 aromatic carbocycles. The van der Waals surface area contributed by atoms with Gasteiger partial charge < -0.3 is 10.4 Å². The van der Waals surface area contributed by atoms with E-state index in [1.807, 2.05) is 32.0 Å². The van der Waals surface area contributed by atoms with Gasteiger partial charge in [0, 0.05) is 11.6 Å². The largest absolute Gasteiger partial charge is 0.481 e. The van der Waals surface area contributed by atoms with Gasteiger partial charge in [0.15, 0.2) is 0 Å². The standard InChI is InChI=1S/C17H23NO3/c1-11-8-9-12(2)14(10-11)16(19)18-15-7-5-3-4-6-13(15)17(20)21/h8-10,13,15H,3-7H2,1-2H3,(H,18,19)(H,20,21)/t13-,15+/m1/s1. The highest BCUT2D eigenvalue weighted by Gasteiger charge is 2.30. The van der Waals surface area contributed by atoms with Crippen molar-refractivity contribution in [1.82, 2.24) is 5.32 Å². The molecule has 0 aliphatic heterocycles. The Morgan fingerprint density at radius 2 is 1.86 bits per heavy atom. The van der Waals surface area contributed by atoms with E-state index >= 15 is 0 Å². The van der Waals surface area contributed by atoms with Crippen LogP contribution in [-0.2, 0) is 4.79 Å². The van der Waals surface area contributed by atoms with E-state index in [4.69, 9.17) is 0 Å². The van der Waals surface area contributed by atoms with Crippen molar-refractivity contribution in [2.45, 2.75) is 52.0 Å². The normalized spacial score (nSPS) is 22.4. The highest BCUT2D eigenvalue weighted by atomic mass is 16.4. The summed E-state index contributed by atoms with van der Waals surface area (Å²) in [6.45, 7) is 3.85. The van der Waals surface area contributed by atoms with Gasteiger partial charge in [-0.3, -0.25) is 9.59 Å². The van der Waals surface area contributed by atoms with Crippen molar-refractivity contribution in [3.63, 3.8) is 0 Å². The van der Waals surface area contributed by atoms with Gasteiger partial charge in [0.25, 0.3) is 5.91 Å². The first-order chi connectivity index (χ1) is 9.99. The van der Waals surface area contributed by atoms with Crippen LogP contribution >= 0.6 is 0 Å². The fraction of sp³-hybridized carbons (Fsp3) is 0.529. The van der Waals surface area contributed by atoms with E-state index in [0.717, 1.165) is 36.8 Å². The van der Waals surface area contributed by atoms with E-state index < -0.39 is 11.9 Å². The van der Waals surface area contributed by atoms with Crippen molar-refractivity contribution in [2.24, 2.45) is 5.92 Å². The molecule has 1 aliphatic rings. The lowest BCUT2D eigenvalue weighted by atomic mass is 9.94. The molecule has 4 nitrogen and oxygen atoms in total. The van der Waals surface area contributed by atoms with Crippen LogP contribution in [-0.4, -0.2) is 23.0 Å². The average molecular weight is 289 g/mol. The minimum atomic E-state index is -0.803. The number of carboxylic acid groups (broad SMARTS) is 1. The molecule has 1 fully saturated rings. The molecule has 0 spiro atoms. The average Bonchev–Trinajstić information content (AvgIpc) is 2.67. The van der Waals surface area contributed by atoms with Crippen molar-refractivity contribution in [2.75, 3.05) is 0 Å². The van der Waals surface area contributed by atoms with Crippen molar-refractivity contribution < 1.29 is 14.7 Å². The van der Waals surface area contributed by atoms with Gasteiger partial charge >= 0.3 is 5.97 Å². The monoisotopic (exact) mass is 289 g/mol. The molecule has 2 atom stereocenters. The third-order valence-electron chi connectivity index (χ3n) is 4.29. The Bertz CT molecular complexity index is 539. The number of aliphatic carboxylic acids is 1. The van der Waals surface area contributed by atoms with Gasteiger partial charge in [-0.1, -0.05) is 37.0 Å². The molecule has 0 saturated heterocycles. The Balaban J connectivity index is 2.16. The van der Waals surface area contributed by atoms with E-state index in [1.54, 1.807) is 0 Å². The molecule has 1 aromatic rings. The predicted octanol–water partition coefficient (Wildman–Crippen LogP) is 3.07. The van der Waals surface area contributed by atoms with Crippen LogP contribution in [0.2, 0.25) is 0 Å². The Hall–Kier alpha value is -1.84. The number of carboxylic acids is 1. The van der Waals surface area contributed by atoms with Crippen LogP contribution in [0.15, 0.2) is 18.2 Å². The minimum Gasteiger partial charge on any atom is -0.481 e. The van der Waals surface area contributed by atoms with E-state index in [-0.39, 0.29) is 11.9 Å². The molecule has 114 valence electrons. The SMILES string of the molecule is Cc1ccc(C)c(C(=O)N[C@H]2CCCCC[C@H]2C(=O)O)c1. The van der Waals surface area contributed by atoms with E-state index in [2.05, 4.69) is 5.32 Å². The van der Waals surface area contributed by atoms with Crippen molar-refractivity contribution in [3.05, 3.63) is 34.9 Å². The van der Waals surface area contributed by atoms with Crippen LogP contribution in [0.3, 0.4) is 0 Å². The summed E-state index contributed by atoms with van der Waals surface area (Å²) in [6.07, 6.45) is 4.33. The zero-order chi connectivity index (χ0) is 15.4. The maximum Gasteiger partial charge on any atom is 0.308 e. The minimum absolute atomic E-state index is 0.158. The van der Waals surface area contributed by atoms with Gasteiger partial charge in [-0.25, -0.2) is 0 Å². The zero-order valence-electron chi connectivity index (χ0n) is 12.7. The molecule has 2 rings (SSSR count). The lowest BCUT2D eigenvalue weighted by molar-refractivity contribution is -0.142. The second kappa shape index (κ2) is 6.74. The van der Waals surface area contributed by atoms with Gasteiger partial charge in [-0.2, -0.15) is 0 Å². The second-order valence-corrected chi connectivity index (χ2v) is 5.98. The van der Waals surface area contributed by atoms with Gasteiger partial charge in [0.2, 0.25) is 0 Å². The summed E-state index contributed by atoms with van der Waals surface area (Å²) in [5.41, 5.74) is 2.59. The molecule has 0 heterocycles. The number of carbonyl (C=O) groups is 2. The van der Waals surface area contributed by atoms with Gasteiger partial charge in [-0.05, 0) is 38.3 Å². The van der Waals surface area contributed by atoms with Crippen molar-refractivity contribution >= 4 is 11.9 Å². The molecule has 1 saturated carbocycles. The quantitative estimate of drug-likeness (QED) is 0.840. The molecule has 0 unspecified atom stereocenters. The summed E-state index contributed by atoms with van der Waals surface area (Å²) in [6, 6.07) is 5.48. The third-order valence-corrected chi connectivity index (χ3v) is 4.29. The summed E-state index contributed by atoms with van der Waals surface area (Å²) in [7, 11) is 0. The summed E-state index contributed by atoms with van der Waals surface area (Å²) >= 11 is 0. The zero-order valence-corrected chi connectivity index (χ0v) is 12.7. The summed E-state index contributed by atoms with van der Waals surface area (Å²) < 4.78 is 0. The number of hydrogen-bond donors (Lipinski definition) is 2. The first-order valence-electron chi connectivity index (χ1n) is 7.60. The lowest BCUT2D eigenvalue weighted by Crippen LogP contribution is -2.43. The second-order valence-electron chi connectivity index (χ2n) is 5.98.